The van der Waals surface area contributed by atoms with Gasteiger partial charge in [0.25, 0.3) is 11.6 Å². The van der Waals surface area contributed by atoms with E-state index in [0.717, 1.165) is 5.56 Å². The maximum atomic E-state index is 12.8. The Kier molecular flexibility index (Phi) is 7.79. The van der Waals surface area contributed by atoms with Gasteiger partial charge in [0.1, 0.15) is 17.4 Å². The number of hydrogen-bond acceptors (Lipinski definition) is 5. The average Bonchev–Trinajstić information content (AvgIpc) is 3.18. The normalized spacial score (nSPS) is 10.8. The maximum absolute atomic E-state index is 12.8. The molecular formula is C25H19Cl3N4O4. The number of anilines is 1. The number of halogens is 3. The number of amides is 1. The van der Waals surface area contributed by atoms with Crippen LogP contribution >= 0.6 is 34.8 Å². The van der Waals surface area contributed by atoms with E-state index in [9.17, 15) is 14.9 Å². The monoisotopic (exact) mass is 544 g/mol. The third kappa shape index (κ3) is 5.96. The topological polar surface area (TPSA) is 99.3 Å². The van der Waals surface area contributed by atoms with Crippen molar-refractivity contribution in [2.45, 2.75) is 20.1 Å². The second kappa shape index (κ2) is 11.0. The first kappa shape index (κ1) is 25.5. The van der Waals surface area contributed by atoms with Gasteiger partial charge < -0.3 is 10.1 Å². The fourth-order valence-electron chi connectivity index (χ4n) is 3.48. The summed E-state index contributed by atoms with van der Waals surface area (Å²) in [6.45, 7) is 2.10. The fraction of sp³-hybridized carbons (Fsp3) is 0.120. The summed E-state index contributed by atoms with van der Waals surface area (Å²) in [4.78, 5) is 23.4. The first-order valence-electron chi connectivity index (χ1n) is 10.6. The Labute approximate surface area is 221 Å². The molecule has 4 aromatic rings. The van der Waals surface area contributed by atoms with Crippen LogP contribution in [-0.2, 0) is 13.2 Å². The van der Waals surface area contributed by atoms with Crippen molar-refractivity contribution in [3.05, 3.63) is 114 Å². The molecular weight excluding hydrogens is 527 g/mol. The number of nitrogens with zero attached hydrogens (tertiary/aromatic N) is 3. The lowest BCUT2D eigenvalue weighted by atomic mass is 10.1. The van der Waals surface area contributed by atoms with Gasteiger partial charge in [-0.25, -0.2) is 0 Å². The van der Waals surface area contributed by atoms with Crippen LogP contribution in [0, 0.1) is 17.0 Å². The summed E-state index contributed by atoms with van der Waals surface area (Å²) in [6.07, 6.45) is 1.58. The van der Waals surface area contributed by atoms with E-state index in [4.69, 9.17) is 39.5 Å². The van der Waals surface area contributed by atoms with Crippen LogP contribution in [0.15, 0.2) is 66.9 Å². The highest BCUT2D eigenvalue weighted by atomic mass is 35.5. The molecule has 4 rings (SSSR count). The molecule has 0 saturated heterocycles. The van der Waals surface area contributed by atoms with E-state index < -0.39 is 10.8 Å². The summed E-state index contributed by atoms with van der Waals surface area (Å²) >= 11 is 18.8. The van der Waals surface area contributed by atoms with Gasteiger partial charge in [-0.15, -0.1) is 0 Å². The van der Waals surface area contributed by atoms with Crippen molar-refractivity contribution in [1.82, 2.24) is 9.78 Å². The van der Waals surface area contributed by atoms with Gasteiger partial charge in [-0.2, -0.15) is 5.10 Å². The molecule has 0 aliphatic rings. The predicted octanol–water partition coefficient (Wildman–Crippen LogP) is 6.94. The molecule has 0 spiro atoms. The molecule has 0 aliphatic heterocycles. The number of nitro groups is 1. The Balaban J connectivity index is 1.42. The number of aryl methyl sites for hydroxylation is 1. The van der Waals surface area contributed by atoms with Crippen LogP contribution in [0.2, 0.25) is 15.1 Å². The first-order chi connectivity index (χ1) is 17.2. The van der Waals surface area contributed by atoms with Crippen molar-refractivity contribution in [3.8, 4) is 5.75 Å². The highest BCUT2D eigenvalue weighted by Gasteiger charge is 2.15. The molecule has 0 saturated carbocycles. The number of carbonyl (C=O) groups is 1. The molecule has 184 valence electrons. The summed E-state index contributed by atoms with van der Waals surface area (Å²) in [5.74, 6) is 0.294. The Morgan fingerprint density at radius 1 is 1.06 bits per heavy atom. The van der Waals surface area contributed by atoms with Crippen molar-refractivity contribution < 1.29 is 14.5 Å². The quantitative estimate of drug-likeness (QED) is 0.191. The fourth-order valence-corrected chi connectivity index (χ4v) is 4.19. The zero-order valence-corrected chi connectivity index (χ0v) is 21.1. The summed E-state index contributed by atoms with van der Waals surface area (Å²) in [5, 5.41) is 19.3. The minimum atomic E-state index is -0.442. The number of benzene rings is 3. The van der Waals surface area contributed by atoms with Crippen molar-refractivity contribution in [2.75, 3.05) is 5.32 Å². The maximum Gasteiger partial charge on any atom is 0.272 e. The standard InChI is InChI=1S/C25H19Cl3N4O4/c1-15-10-18(8-9-23(15)32(34)35)36-14-16-4-2-5-17(11-16)25(33)29-24-22(28)13-31(30-24)12-19-20(26)6-3-7-21(19)27/h2-11,13H,12,14H2,1H3,(H,29,30,33). The number of aromatic nitrogens is 2. The molecule has 11 heteroatoms. The molecule has 1 aromatic heterocycles. The number of nitro benzene ring substituents is 1. The highest BCUT2D eigenvalue weighted by molar-refractivity contribution is 6.36. The molecule has 0 aliphatic carbocycles. The Hall–Kier alpha value is -3.59. The number of rotatable bonds is 8. The first-order valence-corrected chi connectivity index (χ1v) is 11.8. The molecule has 0 atom stereocenters. The number of carbonyl (C=O) groups excluding carboxylic acids is 1. The van der Waals surface area contributed by atoms with Crippen LogP contribution in [0.1, 0.15) is 27.0 Å². The van der Waals surface area contributed by atoms with E-state index in [2.05, 4.69) is 10.4 Å². The summed E-state index contributed by atoms with van der Waals surface area (Å²) in [7, 11) is 0. The largest absolute Gasteiger partial charge is 0.489 e. The van der Waals surface area contributed by atoms with E-state index in [-0.39, 0.29) is 29.7 Å². The van der Waals surface area contributed by atoms with Crippen LogP contribution in [0.3, 0.4) is 0 Å². The Morgan fingerprint density at radius 2 is 1.78 bits per heavy atom. The van der Waals surface area contributed by atoms with Gasteiger partial charge in [0.15, 0.2) is 5.82 Å². The summed E-state index contributed by atoms with van der Waals surface area (Å²) < 4.78 is 7.29. The molecule has 0 radical (unpaired) electrons. The van der Waals surface area contributed by atoms with Gasteiger partial charge in [-0.3, -0.25) is 19.6 Å². The van der Waals surface area contributed by atoms with Gasteiger partial charge in [-0.1, -0.05) is 53.0 Å². The summed E-state index contributed by atoms with van der Waals surface area (Å²) in [6, 6.07) is 16.6. The second-order valence-corrected chi connectivity index (χ2v) is 9.09. The number of ether oxygens (including phenoxy) is 1. The van der Waals surface area contributed by atoms with E-state index in [1.807, 2.05) is 6.07 Å². The predicted molar refractivity (Wildman–Crippen MR) is 139 cm³/mol. The van der Waals surface area contributed by atoms with E-state index in [1.54, 1.807) is 60.3 Å². The van der Waals surface area contributed by atoms with Crippen molar-refractivity contribution in [2.24, 2.45) is 0 Å². The lowest BCUT2D eigenvalue weighted by Crippen LogP contribution is -2.13. The molecule has 36 heavy (non-hydrogen) atoms. The Bertz CT molecular complexity index is 1430. The van der Waals surface area contributed by atoms with E-state index >= 15 is 0 Å². The van der Waals surface area contributed by atoms with Crippen molar-refractivity contribution >= 4 is 52.2 Å². The molecule has 1 N–H and O–H groups in total. The third-order valence-corrected chi connectivity index (χ3v) is 6.28. The van der Waals surface area contributed by atoms with Gasteiger partial charge in [-0.05, 0) is 48.9 Å². The average molecular weight is 546 g/mol. The van der Waals surface area contributed by atoms with Crippen LogP contribution < -0.4 is 10.1 Å². The third-order valence-electron chi connectivity index (χ3n) is 5.29. The number of hydrogen-bond donors (Lipinski definition) is 1. The zero-order chi connectivity index (χ0) is 25.8. The second-order valence-electron chi connectivity index (χ2n) is 7.87. The molecule has 1 amide bonds. The molecule has 0 unspecified atom stereocenters. The van der Waals surface area contributed by atoms with Crippen LogP contribution in [-0.4, -0.2) is 20.6 Å². The zero-order valence-electron chi connectivity index (χ0n) is 18.9. The molecule has 8 nitrogen and oxygen atoms in total. The Morgan fingerprint density at radius 3 is 2.47 bits per heavy atom. The van der Waals surface area contributed by atoms with Crippen molar-refractivity contribution in [3.63, 3.8) is 0 Å². The van der Waals surface area contributed by atoms with Crippen LogP contribution in [0.5, 0.6) is 5.75 Å². The molecule has 3 aromatic carbocycles. The van der Waals surface area contributed by atoms with Crippen molar-refractivity contribution in [1.29, 1.82) is 0 Å². The van der Waals surface area contributed by atoms with E-state index in [0.29, 0.717) is 32.5 Å². The van der Waals surface area contributed by atoms with Crippen LogP contribution in [0.25, 0.3) is 0 Å². The smallest absolute Gasteiger partial charge is 0.272 e. The van der Waals surface area contributed by atoms with Gasteiger partial charge in [0.05, 0.1) is 11.5 Å². The minimum absolute atomic E-state index is 0.0251. The van der Waals surface area contributed by atoms with Crippen LogP contribution in [0.4, 0.5) is 11.5 Å². The lowest BCUT2D eigenvalue weighted by Gasteiger charge is -2.09. The highest BCUT2D eigenvalue weighted by Crippen LogP contribution is 2.27. The molecule has 1 heterocycles. The molecule has 0 fully saturated rings. The van der Waals surface area contributed by atoms with Gasteiger partial charge in [0, 0.05) is 39.0 Å². The summed E-state index contributed by atoms with van der Waals surface area (Å²) in [5.41, 5.74) is 2.34. The van der Waals surface area contributed by atoms with E-state index in [1.165, 1.54) is 12.1 Å². The molecule has 0 bridgehead atoms. The van der Waals surface area contributed by atoms with Gasteiger partial charge >= 0.3 is 0 Å². The number of nitrogens with one attached hydrogen (secondary N) is 1. The minimum Gasteiger partial charge on any atom is -0.489 e. The lowest BCUT2D eigenvalue weighted by molar-refractivity contribution is -0.385. The SMILES string of the molecule is Cc1cc(OCc2cccc(C(=O)Nc3nn(Cc4c(Cl)cccc4Cl)cc3Cl)c2)ccc1[N+](=O)[O-]. The van der Waals surface area contributed by atoms with Gasteiger partial charge in [0.2, 0.25) is 0 Å².